The monoisotopic (exact) mass is 1100 g/mol. The number of alkyl halides is 8. The number of carbonyl (C=O) groups excluding carboxylic acids is 4. The van der Waals surface area contributed by atoms with Crippen LogP contribution in [0.5, 0.6) is 0 Å². The van der Waals surface area contributed by atoms with Gasteiger partial charge < -0.3 is 40.2 Å². The fourth-order valence-electron chi connectivity index (χ4n) is 7.94. The van der Waals surface area contributed by atoms with Crippen molar-refractivity contribution in [1.29, 1.82) is 0 Å². The molecule has 3 heterocycles. The minimum absolute atomic E-state index is 0.00178. The fourth-order valence-corrected chi connectivity index (χ4v) is 7.94. The Hall–Kier alpha value is -7.18. The number of alkyl carbamates (subject to hydrolysis) is 2. The van der Waals surface area contributed by atoms with Crippen molar-refractivity contribution in [2.75, 3.05) is 38.8 Å². The first kappa shape index (κ1) is 60.7. The van der Waals surface area contributed by atoms with Crippen molar-refractivity contribution in [3.8, 4) is 23.0 Å². The third-order valence-electron chi connectivity index (χ3n) is 12.7. The van der Waals surface area contributed by atoms with Crippen LogP contribution >= 0.6 is 0 Å². The van der Waals surface area contributed by atoms with Crippen LogP contribution in [-0.4, -0.2) is 132 Å². The Balaban J connectivity index is 1.53. The van der Waals surface area contributed by atoms with Gasteiger partial charge in [-0.2, -0.15) is 40.2 Å². The molecular formula is C50H57F10N9O8. The van der Waals surface area contributed by atoms with Crippen LogP contribution in [-0.2, 0) is 36.8 Å². The Morgan fingerprint density at radius 2 is 1.30 bits per heavy atom. The third-order valence-corrected chi connectivity index (χ3v) is 12.7. The number of aromatic nitrogens is 3. The highest BCUT2D eigenvalue weighted by molar-refractivity contribution is 5.87. The zero-order chi connectivity index (χ0) is 57.4. The predicted molar refractivity (Wildman–Crippen MR) is 256 cm³/mol. The minimum atomic E-state index is -5.23. The summed E-state index contributed by atoms with van der Waals surface area (Å²) in [6.45, 7) is 2.05. The molecule has 4 aromatic rings. The molecular weight excluding hydrogens is 1040 g/mol. The van der Waals surface area contributed by atoms with Gasteiger partial charge in [-0.05, 0) is 95.5 Å². The third kappa shape index (κ3) is 15.5. The molecule has 0 spiro atoms. The molecule has 0 aliphatic carbocycles. The molecule has 4 amide bonds. The predicted octanol–water partition coefficient (Wildman–Crippen LogP) is 7.18. The molecule has 420 valence electrons. The molecule has 77 heavy (non-hydrogen) atoms. The van der Waals surface area contributed by atoms with Crippen molar-refractivity contribution in [2.45, 2.75) is 110 Å². The molecule has 17 nitrogen and oxygen atoms in total. The molecule has 0 saturated carbocycles. The summed E-state index contributed by atoms with van der Waals surface area (Å²) in [5.74, 6) is 0.615. The maximum atomic E-state index is 16.0. The summed E-state index contributed by atoms with van der Waals surface area (Å²) < 4.78 is 160. The number of morpholine rings is 1. The van der Waals surface area contributed by atoms with Gasteiger partial charge >= 0.3 is 31.1 Å². The van der Waals surface area contributed by atoms with Crippen LogP contribution in [0.3, 0.4) is 0 Å². The first-order chi connectivity index (χ1) is 35.8. The number of pyridine rings is 1. The van der Waals surface area contributed by atoms with Gasteiger partial charge in [0.2, 0.25) is 5.91 Å². The molecule has 5 rings (SSSR count). The van der Waals surface area contributed by atoms with E-state index in [4.69, 9.17) is 4.74 Å². The molecule has 0 unspecified atom stereocenters. The van der Waals surface area contributed by atoms with Crippen LogP contribution in [0, 0.1) is 34.3 Å². The maximum Gasteiger partial charge on any atom is 0.407 e. The summed E-state index contributed by atoms with van der Waals surface area (Å²) in [6, 6.07) is 4.15. The van der Waals surface area contributed by atoms with Gasteiger partial charge in [0, 0.05) is 60.8 Å². The van der Waals surface area contributed by atoms with Crippen molar-refractivity contribution in [3.05, 3.63) is 101 Å². The Morgan fingerprint density at radius 3 is 1.78 bits per heavy atom. The summed E-state index contributed by atoms with van der Waals surface area (Å²) >= 11 is 0. The lowest BCUT2D eigenvalue weighted by molar-refractivity contribution is -0.221. The van der Waals surface area contributed by atoms with Gasteiger partial charge in [-0.1, -0.05) is 24.0 Å². The van der Waals surface area contributed by atoms with E-state index < -0.39 is 115 Å². The van der Waals surface area contributed by atoms with Crippen LogP contribution in [0.15, 0.2) is 67.1 Å². The zero-order valence-corrected chi connectivity index (χ0v) is 42.7. The van der Waals surface area contributed by atoms with Gasteiger partial charge in [0.05, 0.1) is 55.6 Å². The van der Waals surface area contributed by atoms with E-state index in [0.29, 0.717) is 69.1 Å². The summed E-state index contributed by atoms with van der Waals surface area (Å²) in [7, 11) is 1.60. The largest absolute Gasteiger partial charge is 0.453 e. The van der Waals surface area contributed by atoms with Crippen LogP contribution in [0.4, 0.5) is 59.3 Å². The molecule has 1 saturated heterocycles. The quantitative estimate of drug-likeness (QED) is 0.0383. The number of benzene rings is 2. The van der Waals surface area contributed by atoms with Crippen molar-refractivity contribution in [1.82, 2.24) is 41.1 Å². The molecule has 27 heteroatoms. The molecule has 0 radical (unpaired) electrons. The Kier molecular flexibility index (Phi) is 19.6. The number of hydrogen-bond donors (Lipinski definition) is 5. The number of aliphatic hydroxyl groups is 1. The average molecular weight is 1100 g/mol. The van der Waals surface area contributed by atoms with E-state index in [1.807, 2.05) is 30.7 Å². The lowest BCUT2D eigenvalue weighted by atomic mass is 9.82. The van der Waals surface area contributed by atoms with Crippen molar-refractivity contribution in [3.63, 3.8) is 0 Å². The Bertz CT molecular complexity index is 2730. The summed E-state index contributed by atoms with van der Waals surface area (Å²) in [4.78, 5) is 59.3. The highest BCUT2D eigenvalue weighted by Gasteiger charge is 2.57. The van der Waals surface area contributed by atoms with Gasteiger partial charge in [0.15, 0.2) is 0 Å². The lowest BCUT2D eigenvalue weighted by Gasteiger charge is -2.38. The number of methoxy groups -OCH3 is 2. The van der Waals surface area contributed by atoms with Gasteiger partial charge in [-0.3, -0.25) is 15.0 Å². The summed E-state index contributed by atoms with van der Waals surface area (Å²) in [5.41, 5.74) is -4.29. The standard InChI is InChI=1S/C50H57F10N9O8/c1-27-22-67(23-28(2)77-27)39-16-15-31(20-61-39)14-11-29-9-12-30(13-10-29)17-37(63-42(71)40(64-45(73)75-7)47(3,4)49(55,56)57)38(70)26-68(66-43(72)41(65-46(74)76-8)48(5,6)50(58,59)60)25-34-35(51)18-32(19-36(34)52)33-21-62-69(24-33)44(53)54/h9-10,12-13,15-16,18-21,24,27-28,37-38,40-41,44,70H,17,22-23,25-26H2,1-8H3,(H,63,71)(H,64,73)(H,65,74)(H,66,72)/t27-,28+,37-,38-,40+,41+/m0/s1. The van der Waals surface area contributed by atoms with Crippen LogP contribution in [0.1, 0.15) is 70.3 Å². The van der Waals surface area contributed by atoms with E-state index in [1.54, 1.807) is 17.6 Å². The smallest absolute Gasteiger partial charge is 0.407 e. The Morgan fingerprint density at radius 1 is 0.779 bits per heavy atom. The molecule has 2 aromatic heterocycles. The maximum absolute atomic E-state index is 16.0. The van der Waals surface area contributed by atoms with Gasteiger partial charge in [0.25, 0.3) is 5.91 Å². The van der Waals surface area contributed by atoms with E-state index in [9.17, 15) is 59.4 Å². The molecule has 1 aliphatic heterocycles. The van der Waals surface area contributed by atoms with Crippen molar-refractivity contribution < 1.29 is 82.4 Å². The number of rotatable bonds is 18. The highest BCUT2D eigenvalue weighted by Crippen LogP contribution is 2.42. The number of amides is 4. The number of hydrogen-bond acceptors (Lipinski definition) is 12. The van der Waals surface area contributed by atoms with Crippen molar-refractivity contribution in [2.24, 2.45) is 10.8 Å². The van der Waals surface area contributed by atoms with E-state index >= 15 is 8.78 Å². The minimum Gasteiger partial charge on any atom is -0.453 e. The molecule has 0 bridgehead atoms. The molecule has 2 aromatic carbocycles. The fraction of sp³-hybridized carbons (Fsp3) is 0.480. The molecule has 1 fully saturated rings. The second-order valence-corrected chi connectivity index (χ2v) is 19.2. The Labute approximate surface area is 435 Å². The zero-order valence-electron chi connectivity index (χ0n) is 42.7. The summed E-state index contributed by atoms with van der Waals surface area (Å²) in [6.07, 6.45) is -12.8. The van der Waals surface area contributed by atoms with E-state index in [2.05, 4.69) is 41.6 Å². The van der Waals surface area contributed by atoms with E-state index in [1.165, 1.54) is 24.3 Å². The SMILES string of the molecule is COC(=O)N[C@H](C(=O)N[C@@H](Cc1ccc(C#Cc2ccc(N3C[C@@H](C)O[C@@H](C)C3)nc2)cc1)[C@@H](O)CN(Cc1c(F)cc(-c2cnn(C(F)F)c2)cc1F)NC(=O)[C@@H](NC(=O)OC)C(C)(C)C(F)(F)F)C(C)(C)C(F)(F)F. The molecule has 1 aliphatic rings. The number of nitrogens with one attached hydrogen (secondary N) is 4. The number of halogens is 10. The highest BCUT2D eigenvalue weighted by atomic mass is 19.4. The second kappa shape index (κ2) is 24.9. The number of aliphatic hydroxyl groups excluding tert-OH is 1. The van der Waals surface area contributed by atoms with Crippen LogP contribution in [0.2, 0.25) is 0 Å². The second-order valence-electron chi connectivity index (χ2n) is 19.2. The van der Waals surface area contributed by atoms with Gasteiger partial charge in [-0.15, -0.1) is 0 Å². The van der Waals surface area contributed by atoms with Gasteiger partial charge in [0.1, 0.15) is 29.5 Å². The van der Waals surface area contributed by atoms with E-state index in [0.717, 1.165) is 32.4 Å². The van der Waals surface area contributed by atoms with Gasteiger partial charge in [-0.25, -0.2) is 33.0 Å². The molecule has 5 N–H and O–H groups in total. The number of anilines is 1. The average Bonchev–Trinajstić information content (AvgIpc) is 3.86. The van der Waals surface area contributed by atoms with E-state index in [-0.39, 0.29) is 33.6 Å². The molecule has 6 atom stereocenters. The lowest BCUT2D eigenvalue weighted by Crippen LogP contribution is -2.63. The topological polar surface area (TPSA) is 202 Å². The normalized spacial score (nSPS) is 16.9. The van der Waals surface area contributed by atoms with Crippen molar-refractivity contribution >= 4 is 29.8 Å². The first-order valence-electron chi connectivity index (χ1n) is 23.5. The van der Waals surface area contributed by atoms with Crippen LogP contribution in [0.25, 0.3) is 11.1 Å². The first-order valence-corrected chi connectivity index (χ1v) is 23.5. The summed E-state index contributed by atoms with van der Waals surface area (Å²) in [5, 5.41) is 21.8. The number of carbonyl (C=O) groups is 4. The number of nitrogens with zero attached hydrogens (tertiary/aromatic N) is 5. The van der Waals surface area contributed by atoms with Crippen LogP contribution < -0.4 is 26.3 Å². The number of ether oxygens (including phenoxy) is 3. The number of hydrazine groups is 1.